The number of methoxy groups -OCH3 is 1. The molecule has 2 aromatic heterocycles. The van der Waals surface area contributed by atoms with Crippen LogP contribution in [0.4, 0.5) is 0 Å². The Bertz CT molecular complexity index is 465. The van der Waals surface area contributed by atoms with Crippen molar-refractivity contribution in [2.45, 2.75) is 13.1 Å². The molecule has 2 heterocycles. The number of nitrogens with one attached hydrogen (secondary N) is 1. The molecule has 0 bridgehead atoms. The van der Waals surface area contributed by atoms with Crippen molar-refractivity contribution in [3.8, 4) is 5.88 Å². The summed E-state index contributed by atoms with van der Waals surface area (Å²) in [6, 6.07) is 3.82. The van der Waals surface area contributed by atoms with E-state index in [9.17, 15) is 0 Å². The van der Waals surface area contributed by atoms with Crippen molar-refractivity contribution in [2.75, 3.05) is 7.11 Å². The number of hydrogen-bond acceptors (Lipinski definition) is 5. The number of hydrogen-bond donors (Lipinski definition) is 1. The zero-order chi connectivity index (χ0) is 12.1. The van der Waals surface area contributed by atoms with E-state index in [-0.39, 0.29) is 0 Å². The second-order valence-corrected chi connectivity index (χ2v) is 3.65. The highest BCUT2D eigenvalue weighted by Crippen LogP contribution is 2.06. The monoisotopic (exact) mass is 233 g/mol. The van der Waals surface area contributed by atoms with E-state index in [0.29, 0.717) is 12.4 Å². The van der Waals surface area contributed by atoms with Gasteiger partial charge in [-0.1, -0.05) is 6.07 Å². The van der Waals surface area contributed by atoms with Crippen molar-refractivity contribution in [2.24, 2.45) is 7.05 Å². The SMILES string of the molecule is COc1ccc(CNCc2ncn(C)n2)cn1. The van der Waals surface area contributed by atoms with Crippen LogP contribution in [0.25, 0.3) is 0 Å². The summed E-state index contributed by atoms with van der Waals surface area (Å²) >= 11 is 0. The van der Waals surface area contributed by atoms with Crippen LogP contribution in [0, 0.1) is 0 Å². The predicted octanol–water partition coefficient (Wildman–Crippen LogP) is 0.508. The highest BCUT2D eigenvalue weighted by atomic mass is 16.5. The molecule has 1 N–H and O–H groups in total. The van der Waals surface area contributed by atoms with Crippen LogP contribution in [0.5, 0.6) is 5.88 Å². The van der Waals surface area contributed by atoms with E-state index in [1.54, 1.807) is 24.3 Å². The molecule has 0 aliphatic rings. The average Bonchev–Trinajstić information content (AvgIpc) is 2.76. The second-order valence-electron chi connectivity index (χ2n) is 3.65. The molecule has 0 amide bonds. The van der Waals surface area contributed by atoms with Gasteiger partial charge in [0.1, 0.15) is 6.33 Å². The van der Waals surface area contributed by atoms with Gasteiger partial charge in [0.25, 0.3) is 0 Å². The van der Waals surface area contributed by atoms with E-state index >= 15 is 0 Å². The fourth-order valence-electron chi connectivity index (χ4n) is 1.42. The Morgan fingerprint density at radius 1 is 1.29 bits per heavy atom. The van der Waals surface area contributed by atoms with Crippen LogP contribution in [-0.4, -0.2) is 26.9 Å². The van der Waals surface area contributed by atoms with Crippen LogP contribution in [-0.2, 0) is 20.1 Å². The third-order valence-electron chi connectivity index (χ3n) is 2.27. The molecule has 0 aliphatic heterocycles. The molecule has 6 heteroatoms. The molecule has 0 saturated carbocycles. The molecule has 0 radical (unpaired) electrons. The third-order valence-corrected chi connectivity index (χ3v) is 2.27. The minimum atomic E-state index is 0.625. The van der Waals surface area contributed by atoms with E-state index in [1.807, 2.05) is 19.2 Å². The van der Waals surface area contributed by atoms with Crippen LogP contribution in [0.3, 0.4) is 0 Å². The first-order valence-corrected chi connectivity index (χ1v) is 5.32. The highest BCUT2D eigenvalue weighted by Gasteiger charge is 1.99. The summed E-state index contributed by atoms with van der Waals surface area (Å²) in [6.07, 6.45) is 3.48. The largest absolute Gasteiger partial charge is 0.481 e. The van der Waals surface area contributed by atoms with Gasteiger partial charge in [0.05, 0.1) is 13.7 Å². The Morgan fingerprint density at radius 3 is 2.76 bits per heavy atom. The third kappa shape index (κ3) is 3.25. The predicted molar refractivity (Wildman–Crippen MR) is 62.3 cm³/mol. The minimum Gasteiger partial charge on any atom is -0.481 e. The van der Waals surface area contributed by atoms with Gasteiger partial charge in [0, 0.05) is 25.9 Å². The topological polar surface area (TPSA) is 64.9 Å². The Balaban J connectivity index is 1.81. The molecule has 0 fully saturated rings. The molecule has 17 heavy (non-hydrogen) atoms. The maximum Gasteiger partial charge on any atom is 0.212 e. The zero-order valence-corrected chi connectivity index (χ0v) is 9.92. The molecule has 0 aliphatic carbocycles. The van der Waals surface area contributed by atoms with E-state index < -0.39 is 0 Å². The number of aromatic nitrogens is 4. The molecule has 2 rings (SSSR count). The van der Waals surface area contributed by atoms with E-state index in [4.69, 9.17) is 4.74 Å². The summed E-state index contributed by atoms with van der Waals surface area (Å²) in [5.74, 6) is 1.41. The van der Waals surface area contributed by atoms with Gasteiger partial charge in [0.2, 0.25) is 5.88 Å². The van der Waals surface area contributed by atoms with Crippen molar-refractivity contribution in [3.63, 3.8) is 0 Å². The fraction of sp³-hybridized carbons (Fsp3) is 0.364. The van der Waals surface area contributed by atoms with Crippen LogP contribution in [0.15, 0.2) is 24.7 Å². The smallest absolute Gasteiger partial charge is 0.212 e. The van der Waals surface area contributed by atoms with Gasteiger partial charge >= 0.3 is 0 Å². The van der Waals surface area contributed by atoms with Crippen LogP contribution >= 0.6 is 0 Å². The molecular weight excluding hydrogens is 218 g/mol. The molecule has 90 valence electrons. The van der Waals surface area contributed by atoms with Crippen LogP contribution in [0.2, 0.25) is 0 Å². The number of ether oxygens (including phenoxy) is 1. The Kier molecular flexibility index (Phi) is 3.66. The van der Waals surface area contributed by atoms with Gasteiger partial charge in [-0.3, -0.25) is 4.68 Å². The van der Waals surface area contributed by atoms with Gasteiger partial charge in [-0.15, -0.1) is 0 Å². The molecule has 2 aromatic rings. The Labute approximate surface area is 99.7 Å². The lowest BCUT2D eigenvalue weighted by Crippen LogP contribution is -2.14. The summed E-state index contributed by atoms with van der Waals surface area (Å²) in [5.41, 5.74) is 1.10. The van der Waals surface area contributed by atoms with Crippen molar-refractivity contribution >= 4 is 0 Å². The number of aryl methyl sites for hydroxylation is 1. The summed E-state index contributed by atoms with van der Waals surface area (Å²) in [7, 11) is 3.46. The normalized spacial score (nSPS) is 10.5. The lowest BCUT2D eigenvalue weighted by atomic mass is 10.3. The second kappa shape index (κ2) is 5.40. The molecule has 0 atom stereocenters. The van der Waals surface area contributed by atoms with E-state index in [1.165, 1.54) is 0 Å². The number of rotatable bonds is 5. The van der Waals surface area contributed by atoms with E-state index in [0.717, 1.165) is 17.9 Å². The van der Waals surface area contributed by atoms with Gasteiger partial charge < -0.3 is 10.1 Å². The highest BCUT2D eigenvalue weighted by molar-refractivity contribution is 5.17. The first-order valence-electron chi connectivity index (χ1n) is 5.32. The molecule has 0 spiro atoms. The molecule has 0 aromatic carbocycles. The van der Waals surface area contributed by atoms with Gasteiger partial charge in [-0.25, -0.2) is 9.97 Å². The van der Waals surface area contributed by atoms with E-state index in [2.05, 4.69) is 20.4 Å². The Morgan fingerprint density at radius 2 is 2.18 bits per heavy atom. The first-order chi connectivity index (χ1) is 8.28. The van der Waals surface area contributed by atoms with Crippen molar-refractivity contribution in [1.29, 1.82) is 0 Å². The maximum absolute atomic E-state index is 4.99. The van der Waals surface area contributed by atoms with Crippen LogP contribution < -0.4 is 10.1 Å². The standard InChI is InChI=1S/C11H15N5O/c1-16-8-14-10(15-16)7-12-5-9-3-4-11(17-2)13-6-9/h3-4,6,8,12H,5,7H2,1-2H3. The molecule has 0 saturated heterocycles. The fourth-order valence-corrected chi connectivity index (χ4v) is 1.42. The molecule has 0 unspecified atom stereocenters. The summed E-state index contributed by atoms with van der Waals surface area (Å²) in [6.45, 7) is 1.38. The average molecular weight is 233 g/mol. The lowest BCUT2D eigenvalue weighted by Gasteiger charge is -2.03. The maximum atomic E-state index is 4.99. The zero-order valence-electron chi connectivity index (χ0n) is 9.92. The molecular formula is C11H15N5O. The molecule has 6 nitrogen and oxygen atoms in total. The Hall–Kier alpha value is -1.95. The minimum absolute atomic E-state index is 0.625. The number of pyridine rings is 1. The van der Waals surface area contributed by atoms with Crippen molar-refractivity contribution in [3.05, 3.63) is 36.0 Å². The van der Waals surface area contributed by atoms with Crippen molar-refractivity contribution in [1.82, 2.24) is 25.1 Å². The quantitative estimate of drug-likeness (QED) is 0.815. The van der Waals surface area contributed by atoms with Gasteiger partial charge in [0.15, 0.2) is 5.82 Å². The number of nitrogens with zero attached hydrogens (tertiary/aromatic N) is 4. The lowest BCUT2D eigenvalue weighted by molar-refractivity contribution is 0.397. The van der Waals surface area contributed by atoms with Crippen LogP contribution in [0.1, 0.15) is 11.4 Å². The van der Waals surface area contributed by atoms with Gasteiger partial charge in [-0.2, -0.15) is 5.10 Å². The summed E-state index contributed by atoms with van der Waals surface area (Å²) in [4.78, 5) is 8.26. The summed E-state index contributed by atoms with van der Waals surface area (Å²) < 4.78 is 6.68. The van der Waals surface area contributed by atoms with Crippen molar-refractivity contribution < 1.29 is 4.74 Å². The summed E-state index contributed by atoms with van der Waals surface area (Å²) in [5, 5.41) is 7.43. The van der Waals surface area contributed by atoms with Gasteiger partial charge in [-0.05, 0) is 5.56 Å². The first kappa shape index (κ1) is 11.5.